The minimum Gasteiger partial charge on any atom is -0.387 e. The summed E-state index contributed by atoms with van der Waals surface area (Å²) in [6.45, 7) is 5.21. The highest BCUT2D eigenvalue weighted by Gasteiger charge is 2.21. The summed E-state index contributed by atoms with van der Waals surface area (Å²) < 4.78 is 0. The average Bonchev–Trinajstić information content (AvgIpc) is 3.02. The molecule has 1 unspecified atom stereocenters. The van der Waals surface area contributed by atoms with E-state index in [9.17, 15) is 5.11 Å². The SMILES string of the molecule is CCc1ccc(C(O)CN2CC2)cc1. The first-order valence-corrected chi connectivity index (χ1v) is 5.29. The molecular weight excluding hydrogens is 174 g/mol. The first-order valence-electron chi connectivity index (χ1n) is 5.29. The van der Waals surface area contributed by atoms with Crippen LogP contribution in [0.15, 0.2) is 24.3 Å². The van der Waals surface area contributed by atoms with Crippen LogP contribution in [0.5, 0.6) is 0 Å². The molecule has 0 saturated carbocycles. The Hall–Kier alpha value is -0.860. The van der Waals surface area contributed by atoms with Gasteiger partial charge < -0.3 is 5.11 Å². The fraction of sp³-hybridized carbons (Fsp3) is 0.500. The number of aliphatic hydroxyl groups is 1. The third-order valence-corrected chi connectivity index (χ3v) is 2.74. The van der Waals surface area contributed by atoms with Crippen molar-refractivity contribution in [1.82, 2.24) is 4.90 Å². The fourth-order valence-electron chi connectivity index (χ4n) is 1.58. The van der Waals surface area contributed by atoms with Crippen LogP contribution in [-0.2, 0) is 6.42 Å². The topological polar surface area (TPSA) is 23.2 Å². The van der Waals surface area contributed by atoms with Crippen molar-refractivity contribution in [3.63, 3.8) is 0 Å². The Morgan fingerprint density at radius 2 is 1.93 bits per heavy atom. The molecule has 1 N–H and O–H groups in total. The summed E-state index contributed by atoms with van der Waals surface area (Å²) in [6, 6.07) is 8.27. The largest absolute Gasteiger partial charge is 0.387 e. The molecule has 2 heteroatoms. The summed E-state index contributed by atoms with van der Waals surface area (Å²) >= 11 is 0. The lowest BCUT2D eigenvalue weighted by Gasteiger charge is -2.11. The maximum absolute atomic E-state index is 9.85. The number of nitrogens with zero attached hydrogens (tertiary/aromatic N) is 1. The van der Waals surface area contributed by atoms with E-state index in [2.05, 4.69) is 24.0 Å². The van der Waals surface area contributed by atoms with E-state index in [4.69, 9.17) is 0 Å². The Balaban J connectivity index is 1.99. The highest BCUT2D eigenvalue weighted by molar-refractivity contribution is 5.24. The summed E-state index contributed by atoms with van der Waals surface area (Å²) in [5.41, 5.74) is 2.36. The van der Waals surface area contributed by atoms with Crippen molar-refractivity contribution in [2.45, 2.75) is 19.4 Å². The maximum Gasteiger partial charge on any atom is 0.0916 e. The number of aryl methyl sites for hydroxylation is 1. The molecule has 1 aliphatic heterocycles. The van der Waals surface area contributed by atoms with E-state index in [1.165, 1.54) is 5.56 Å². The molecule has 1 heterocycles. The van der Waals surface area contributed by atoms with Crippen molar-refractivity contribution in [2.75, 3.05) is 19.6 Å². The fourth-order valence-corrected chi connectivity index (χ4v) is 1.58. The van der Waals surface area contributed by atoms with Gasteiger partial charge in [0.25, 0.3) is 0 Å². The second-order valence-corrected chi connectivity index (χ2v) is 3.91. The molecule has 76 valence electrons. The van der Waals surface area contributed by atoms with Crippen LogP contribution in [0, 0.1) is 0 Å². The Bertz CT molecular complexity index is 290. The van der Waals surface area contributed by atoms with Gasteiger partial charge in [0.1, 0.15) is 0 Å². The zero-order valence-corrected chi connectivity index (χ0v) is 8.61. The molecular formula is C12H17NO. The molecule has 1 atom stereocenters. The second kappa shape index (κ2) is 4.11. The van der Waals surface area contributed by atoms with E-state index >= 15 is 0 Å². The third-order valence-electron chi connectivity index (χ3n) is 2.74. The molecule has 1 fully saturated rings. The van der Waals surface area contributed by atoms with Crippen molar-refractivity contribution in [2.24, 2.45) is 0 Å². The van der Waals surface area contributed by atoms with Crippen LogP contribution < -0.4 is 0 Å². The predicted molar refractivity (Wildman–Crippen MR) is 57.2 cm³/mol. The quantitative estimate of drug-likeness (QED) is 0.731. The molecule has 1 saturated heterocycles. The normalized spacial score (nSPS) is 18.1. The van der Waals surface area contributed by atoms with Crippen LogP contribution >= 0.6 is 0 Å². The van der Waals surface area contributed by atoms with Crippen LogP contribution in [0.1, 0.15) is 24.2 Å². The average molecular weight is 191 g/mol. The molecule has 0 spiro atoms. The van der Waals surface area contributed by atoms with Gasteiger partial charge in [-0.05, 0) is 17.5 Å². The maximum atomic E-state index is 9.85. The summed E-state index contributed by atoms with van der Waals surface area (Å²) in [5.74, 6) is 0. The molecule has 14 heavy (non-hydrogen) atoms. The Labute approximate surface area is 85.2 Å². The standard InChI is InChI=1S/C12H17NO/c1-2-10-3-5-11(6-4-10)12(14)9-13-7-8-13/h3-6,12,14H,2,7-9H2,1H3. The number of aliphatic hydroxyl groups excluding tert-OH is 1. The molecule has 1 aliphatic rings. The number of benzene rings is 1. The highest BCUT2D eigenvalue weighted by Crippen LogP contribution is 2.18. The zero-order chi connectivity index (χ0) is 9.97. The van der Waals surface area contributed by atoms with Crippen molar-refractivity contribution in [3.05, 3.63) is 35.4 Å². The van der Waals surface area contributed by atoms with Gasteiger partial charge in [0.15, 0.2) is 0 Å². The van der Waals surface area contributed by atoms with E-state index in [0.717, 1.165) is 31.6 Å². The van der Waals surface area contributed by atoms with E-state index < -0.39 is 0 Å². The van der Waals surface area contributed by atoms with Gasteiger partial charge in [-0.1, -0.05) is 31.2 Å². The predicted octanol–water partition coefficient (Wildman–Crippen LogP) is 1.60. The van der Waals surface area contributed by atoms with Gasteiger partial charge in [-0.25, -0.2) is 0 Å². The van der Waals surface area contributed by atoms with Gasteiger partial charge in [-0.15, -0.1) is 0 Å². The summed E-state index contributed by atoms with van der Waals surface area (Å²) in [6.07, 6.45) is 0.742. The lowest BCUT2D eigenvalue weighted by molar-refractivity contribution is 0.156. The minimum absolute atomic E-state index is 0.316. The molecule has 0 amide bonds. The first-order chi connectivity index (χ1) is 6.79. The number of rotatable bonds is 4. The molecule has 1 aromatic carbocycles. The van der Waals surface area contributed by atoms with E-state index in [1.54, 1.807) is 0 Å². The van der Waals surface area contributed by atoms with Gasteiger partial charge in [-0.3, -0.25) is 4.90 Å². The first kappa shape index (κ1) is 9.69. The van der Waals surface area contributed by atoms with Crippen LogP contribution in [-0.4, -0.2) is 29.6 Å². The van der Waals surface area contributed by atoms with E-state index in [-0.39, 0.29) is 6.10 Å². The van der Waals surface area contributed by atoms with Crippen molar-refractivity contribution in [3.8, 4) is 0 Å². The Morgan fingerprint density at radius 1 is 1.29 bits per heavy atom. The summed E-state index contributed by atoms with van der Waals surface area (Å²) in [4.78, 5) is 2.23. The van der Waals surface area contributed by atoms with Crippen LogP contribution in [0.3, 0.4) is 0 Å². The van der Waals surface area contributed by atoms with E-state index in [1.807, 2.05) is 12.1 Å². The number of hydrogen-bond acceptors (Lipinski definition) is 2. The highest BCUT2D eigenvalue weighted by atomic mass is 16.3. The molecule has 2 nitrogen and oxygen atoms in total. The minimum atomic E-state index is -0.316. The van der Waals surface area contributed by atoms with Gasteiger partial charge in [0.05, 0.1) is 6.10 Å². The Kier molecular flexibility index (Phi) is 2.85. The van der Waals surface area contributed by atoms with E-state index in [0.29, 0.717) is 0 Å². The molecule has 0 bridgehead atoms. The summed E-state index contributed by atoms with van der Waals surface area (Å²) in [7, 11) is 0. The monoisotopic (exact) mass is 191 g/mol. The third kappa shape index (κ3) is 2.34. The lowest BCUT2D eigenvalue weighted by Crippen LogP contribution is -2.10. The van der Waals surface area contributed by atoms with Gasteiger partial charge >= 0.3 is 0 Å². The van der Waals surface area contributed by atoms with Crippen LogP contribution in [0.25, 0.3) is 0 Å². The van der Waals surface area contributed by atoms with Crippen LogP contribution in [0.4, 0.5) is 0 Å². The molecule has 1 aromatic rings. The smallest absolute Gasteiger partial charge is 0.0916 e. The van der Waals surface area contributed by atoms with Gasteiger partial charge in [0.2, 0.25) is 0 Å². The lowest BCUT2D eigenvalue weighted by atomic mass is 10.1. The zero-order valence-electron chi connectivity index (χ0n) is 8.61. The molecule has 0 radical (unpaired) electrons. The number of hydrogen-bond donors (Lipinski definition) is 1. The van der Waals surface area contributed by atoms with Crippen molar-refractivity contribution in [1.29, 1.82) is 0 Å². The van der Waals surface area contributed by atoms with Gasteiger partial charge in [-0.2, -0.15) is 0 Å². The van der Waals surface area contributed by atoms with Crippen molar-refractivity contribution < 1.29 is 5.11 Å². The number of β-amino-alcohol motifs (C(OH)–C–C–N with tert-alkyl or cyclic N) is 1. The second-order valence-electron chi connectivity index (χ2n) is 3.91. The Morgan fingerprint density at radius 3 is 2.43 bits per heavy atom. The molecule has 0 aliphatic carbocycles. The van der Waals surface area contributed by atoms with Crippen molar-refractivity contribution >= 4 is 0 Å². The summed E-state index contributed by atoms with van der Waals surface area (Å²) in [5, 5.41) is 9.85. The molecule has 0 aromatic heterocycles. The molecule has 2 rings (SSSR count). The van der Waals surface area contributed by atoms with Gasteiger partial charge in [0, 0.05) is 19.6 Å². The van der Waals surface area contributed by atoms with Crippen LogP contribution in [0.2, 0.25) is 0 Å².